The first kappa shape index (κ1) is 24.8. The third-order valence-corrected chi connectivity index (χ3v) is 4.95. The first-order valence-electron chi connectivity index (χ1n) is 10.9. The molecule has 2 heterocycles. The van der Waals surface area contributed by atoms with Gasteiger partial charge in [0.2, 0.25) is 17.1 Å². The van der Waals surface area contributed by atoms with Gasteiger partial charge in [-0.05, 0) is 51.0 Å². The molecule has 4 rings (SSSR count). The fourth-order valence-corrected chi connectivity index (χ4v) is 3.46. The van der Waals surface area contributed by atoms with E-state index in [0.29, 0.717) is 35.4 Å². The number of ether oxygens (including phenoxy) is 2. The number of hydrogen-bond donors (Lipinski definition) is 2. The van der Waals surface area contributed by atoms with Crippen LogP contribution in [0.5, 0.6) is 17.2 Å². The van der Waals surface area contributed by atoms with Gasteiger partial charge in [-0.1, -0.05) is 18.2 Å². The first-order valence-corrected chi connectivity index (χ1v) is 10.9. The van der Waals surface area contributed by atoms with Gasteiger partial charge in [-0.2, -0.15) is 0 Å². The summed E-state index contributed by atoms with van der Waals surface area (Å²) in [6.07, 6.45) is 2.37. The molecule has 3 N–H and O–H groups in total. The number of carbonyl (C=O) groups is 2. The second-order valence-corrected chi connectivity index (χ2v) is 8.03. The summed E-state index contributed by atoms with van der Waals surface area (Å²) in [6, 6.07) is 13.0. The Balaban J connectivity index is 0.000000751. The van der Waals surface area contributed by atoms with Crippen molar-refractivity contribution < 1.29 is 28.6 Å². The van der Waals surface area contributed by atoms with Crippen molar-refractivity contribution in [3.63, 3.8) is 0 Å². The van der Waals surface area contributed by atoms with Crippen LogP contribution >= 0.6 is 0 Å². The maximum atomic E-state index is 12.7. The van der Waals surface area contributed by atoms with Crippen molar-refractivity contribution in [2.45, 2.75) is 38.8 Å². The molecule has 34 heavy (non-hydrogen) atoms. The quantitative estimate of drug-likeness (QED) is 0.568. The summed E-state index contributed by atoms with van der Waals surface area (Å²) in [5, 5.41) is 8.38. The van der Waals surface area contributed by atoms with E-state index in [4.69, 9.17) is 24.7 Å². The lowest BCUT2D eigenvalue weighted by atomic mass is 10.2. The molecule has 1 aromatic heterocycles. The van der Waals surface area contributed by atoms with Gasteiger partial charge in [-0.15, -0.1) is 0 Å². The fraction of sp³-hybridized carbons (Fsp3) is 0.320. The van der Waals surface area contributed by atoms with Gasteiger partial charge in [-0.3, -0.25) is 14.4 Å². The summed E-state index contributed by atoms with van der Waals surface area (Å²) in [4.78, 5) is 37.9. The number of nitrogens with zero attached hydrogens (tertiary/aromatic N) is 1. The van der Waals surface area contributed by atoms with Crippen LogP contribution in [0, 0.1) is 0 Å². The molecular weight excluding hydrogens is 440 g/mol. The van der Waals surface area contributed by atoms with Crippen molar-refractivity contribution in [1.82, 2.24) is 4.90 Å². The minimum absolute atomic E-state index is 0.0732. The van der Waals surface area contributed by atoms with Crippen LogP contribution in [0.1, 0.15) is 26.7 Å². The van der Waals surface area contributed by atoms with Crippen molar-refractivity contribution in [3.8, 4) is 17.2 Å². The molecule has 1 fully saturated rings. The van der Waals surface area contributed by atoms with Crippen LogP contribution in [0.25, 0.3) is 11.0 Å². The summed E-state index contributed by atoms with van der Waals surface area (Å²) in [5.74, 6) is 0.139. The molecule has 0 radical (unpaired) electrons. The van der Waals surface area contributed by atoms with E-state index in [9.17, 15) is 14.4 Å². The van der Waals surface area contributed by atoms with Gasteiger partial charge in [0, 0.05) is 18.7 Å². The van der Waals surface area contributed by atoms with Crippen LogP contribution in [0.2, 0.25) is 0 Å². The highest BCUT2D eigenvalue weighted by atomic mass is 16.5. The standard InChI is InChI=1S/C22H20N2O6.C3H8O/c23-22(27)17-7-4-10-24(17)20(25)13-28-15-8-9-16-18(11-15)29-12-19(21(16)26)30-14-5-2-1-3-6-14;1-3(2)4/h1-3,5-6,8-9,11-12,17H,4,7,10,13H2,(H2,23,27);3-4H,1-2H3/t17-;/m0./s1. The Kier molecular flexibility index (Phi) is 8.26. The molecule has 0 unspecified atom stereocenters. The van der Waals surface area contributed by atoms with Crippen molar-refractivity contribution >= 4 is 22.8 Å². The van der Waals surface area contributed by atoms with Gasteiger partial charge in [0.05, 0.1) is 5.39 Å². The smallest absolute Gasteiger partial charge is 0.261 e. The van der Waals surface area contributed by atoms with Crippen LogP contribution in [-0.4, -0.2) is 47.1 Å². The van der Waals surface area contributed by atoms with Crippen molar-refractivity contribution in [2.24, 2.45) is 5.73 Å². The summed E-state index contributed by atoms with van der Waals surface area (Å²) in [5.41, 5.74) is 5.34. The lowest BCUT2D eigenvalue weighted by Crippen LogP contribution is -2.45. The summed E-state index contributed by atoms with van der Waals surface area (Å²) < 4.78 is 16.7. The number of hydrogen-bond acceptors (Lipinski definition) is 7. The number of aliphatic hydroxyl groups is 1. The Morgan fingerprint density at radius 2 is 1.88 bits per heavy atom. The molecule has 0 bridgehead atoms. The molecule has 180 valence electrons. The molecule has 0 spiro atoms. The molecule has 2 aromatic carbocycles. The number of nitrogens with two attached hydrogens (primary N) is 1. The molecular formula is C25H28N2O7. The number of para-hydroxylation sites is 1. The lowest BCUT2D eigenvalue weighted by Gasteiger charge is -2.22. The molecule has 1 aliphatic heterocycles. The number of likely N-dealkylation sites (tertiary alicyclic amines) is 1. The van der Waals surface area contributed by atoms with Crippen molar-refractivity contribution in [2.75, 3.05) is 13.2 Å². The van der Waals surface area contributed by atoms with Gasteiger partial charge in [0.15, 0.2) is 6.61 Å². The lowest BCUT2D eigenvalue weighted by molar-refractivity contribution is -0.138. The van der Waals surface area contributed by atoms with Gasteiger partial charge >= 0.3 is 0 Å². The monoisotopic (exact) mass is 468 g/mol. The minimum Gasteiger partial charge on any atom is -0.484 e. The Hall–Kier alpha value is -3.85. The number of primary amides is 1. The van der Waals surface area contributed by atoms with Crippen molar-refractivity contribution in [3.05, 3.63) is 65.0 Å². The highest BCUT2D eigenvalue weighted by Crippen LogP contribution is 2.24. The van der Waals surface area contributed by atoms with Gasteiger partial charge < -0.3 is 29.6 Å². The normalized spacial score (nSPS) is 15.1. The number of fused-ring (bicyclic) bond motifs is 1. The van der Waals surface area contributed by atoms with E-state index in [2.05, 4.69) is 0 Å². The Bertz CT molecular complexity index is 1190. The van der Waals surface area contributed by atoms with E-state index in [1.165, 1.54) is 17.2 Å². The topological polar surface area (TPSA) is 132 Å². The van der Waals surface area contributed by atoms with Gasteiger partial charge in [-0.25, -0.2) is 0 Å². The molecule has 0 aliphatic carbocycles. The maximum absolute atomic E-state index is 12.7. The van der Waals surface area contributed by atoms with Crippen LogP contribution in [0.4, 0.5) is 0 Å². The van der Waals surface area contributed by atoms with Crippen LogP contribution in [0.3, 0.4) is 0 Å². The van der Waals surface area contributed by atoms with Gasteiger partial charge in [0.1, 0.15) is 29.4 Å². The second kappa shape index (κ2) is 11.3. The zero-order valence-electron chi connectivity index (χ0n) is 19.1. The van der Waals surface area contributed by atoms with Crippen LogP contribution in [-0.2, 0) is 9.59 Å². The summed E-state index contributed by atoms with van der Waals surface area (Å²) in [7, 11) is 0. The number of amides is 2. The molecule has 3 aromatic rings. The van der Waals surface area contributed by atoms with E-state index in [0.717, 1.165) is 6.42 Å². The molecule has 0 saturated carbocycles. The number of benzene rings is 2. The van der Waals surface area contributed by atoms with Crippen molar-refractivity contribution in [1.29, 1.82) is 0 Å². The third kappa shape index (κ3) is 6.35. The average Bonchev–Trinajstić information content (AvgIpc) is 3.30. The number of carbonyl (C=O) groups excluding carboxylic acids is 2. The zero-order chi connectivity index (χ0) is 24.7. The molecule has 1 atom stereocenters. The van der Waals surface area contributed by atoms with E-state index < -0.39 is 11.9 Å². The molecule has 1 saturated heterocycles. The first-order chi connectivity index (χ1) is 16.3. The number of rotatable bonds is 6. The second-order valence-electron chi connectivity index (χ2n) is 8.03. The third-order valence-electron chi connectivity index (χ3n) is 4.95. The Morgan fingerprint density at radius 1 is 1.18 bits per heavy atom. The van der Waals surface area contributed by atoms with E-state index in [-0.39, 0.29) is 29.8 Å². The predicted octanol–water partition coefficient (Wildman–Crippen LogP) is 2.83. The number of aliphatic hydroxyl groups excluding tert-OH is 1. The van der Waals surface area contributed by atoms with Crippen LogP contribution in [0.15, 0.2) is 64.0 Å². The summed E-state index contributed by atoms with van der Waals surface area (Å²) >= 11 is 0. The Labute approximate surface area is 196 Å². The average molecular weight is 469 g/mol. The maximum Gasteiger partial charge on any atom is 0.261 e. The minimum atomic E-state index is -0.584. The molecule has 2 amide bonds. The van der Waals surface area contributed by atoms with E-state index in [1.807, 2.05) is 6.07 Å². The highest BCUT2D eigenvalue weighted by molar-refractivity contribution is 5.88. The fourth-order valence-electron chi connectivity index (χ4n) is 3.46. The van der Waals surface area contributed by atoms with E-state index in [1.54, 1.807) is 50.2 Å². The molecule has 9 heteroatoms. The van der Waals surface area contributed by atoms with Gasteiger partial charge in [0.25, 0.3) is 5.91 Å². The van der Waals surface area contributed by atoms with E-state index >= 15 is 0 Å². The largest absolute Gasteiger partial charge is 0.484 e. The van der Waals surface area contributed by atoms with Crippen LogP contribution < -0.4 is 20.6 Å². The SMILES string of the molecule is CC(C)O.NC(=O)[C@@H]1CCCN1C(=O)COc1ccc2c(=O)c(Oc3ccccc3)coc2c1. The summed E-state index contributed by atoms with van der Waals surface area (Å²) in [6.45, 7) is 3.68. The highest BCUT2D eigenvalue weighted by Gasteiger charge is 2.32. The predicted molar refractivity (Wildman–Crippen MR) is 126 cm³/mol. The molecule has 1 aliphatic rings. The molecule has 9 nitrogen and oxygen atoms in total. The Morgan fingerprint density at radius 3 is 2.56 bits per heavy atom. The zero-order valence-corrected chi connectivity index (χ0v) is 19.1.